The van der Waals surface area contributed by atoms with Gasteiger partial charge in [-0.15, -0.1) is 0 Å². The zero-order chi connectivity index (χ0) is 14.8. The van der Waals surface area contributed by atoms with Crippen molar-refractivity contribution in [2.75, 3.05) is 6.54 Å². The van der Waals surface area contributed by atoms with E-state index in [2.05, 4.69) is 10.5 Å². The summed E-state index contributed by atoms with van der Waals surface area (Å²) in [4.78, 5) is 0. The lowest BCUT2D eigenvalue weighted by Crippen LogP contribution is -2.27. The van der Waals surface area contributed by atoms with Crippen LogP contribution in [0.2, 0.25) is 0 Å². The SMILES string of the molecule is N/C(=N/O)c1cccc(CNCC2CC3CCC2C3)c1F. The van der Waals surface area contributed by atoms with E-state index in [4.69, 9.17) is 10.9 Å². The van der Waals surface area contributed by atoms with Crippen molar-refractivity contribution in [3.05, 3.63) is 35.1 Å². The summed E-state index contributed by atoms with van der Waals surface area (Å²) in [6.07, 6.45) is 5.48. The van der Waals surface area contributed by atoms with E-state index in [1.165, 1.54) is 31.7 Å². The third kappa shape index (κ3) is 2.88. The number of benzene rings is 1. The molecule has 2 bridgehead atoms. The van der Waals surface area contributed by atoms with Crippen LogP contribution >= 0.6 is 0 Å². The molecule has 0 saturated heterocycles. The molecule has 5 heteroatoms. The fourth-order valence-corrected chi connectivity index (χ4v) is 3.99. The fourth-order valence-electron chi connectivity index (χ4n) is 3.99. The van der Waals surface area contributed by atoms with Crippen molar-refractivity contribution in [3.8, 4) is 0 Å². The first-order valence-electron chi connectivity index (χ1n) is 7.65. The van der Waals surface area contributed by atoms with E-state index in [0.29, 0.717) is 12.1 Å². The average Bonchev–Trinajstić information content (AvgIpc) is 3.11. The van der Waals surface area contributed by atoms with E-state index in [9.17, 15) is 4.39 Å². The van der Waals surface area contributed by atoms with Gasteiger partial charge in [0.1, 0.15) is 5.82 Å². The van der Waals surface area contributed by atoms with Gasteiger partial charge < -0.3 is 16.3 Å². The number of amidine groups is 1. The molecule has 114 valence electrons. The van der Waals surface area contributed by atoms with E-state index >= 15 is 0 Å². The molecule has 2 saturated carbocycles. The van der Waals surface area contributed by atoms with E-state index in [-0.39, 0.29) is 11.4 Å². The van der Waals surface area contributed by atoms with Crippen LogP contribution in [0.15, 0.2) is 23.4 Å². The van der Waals surface area contributed by atoms with Crippen LogP contribution in [0.4, 0.5) is 4.39 Å². The molecule has 1 aromatic carbocycles. The van der Waals surface area contributed by atoms with Crippen LogP contribution in [0.3, 0.4) is 0 Å². The first kappa shape index (κ1) is 14.3. The molecule has 0 amide bonds. The van der Waals surface area contributed by atoms with Crippen LogP contribution in [0, 0.1) is 23.6 Å². The minimum Gasteiger partial charge on any atom is -0.409 e. The van der Waals surface area contributed by atoms with Gasteiger partial charge in [-0.2, -0.15) is 0 Å². The Bertz CT molecular complexity index is 546. The summed E-state index contributed by atoms with van der Waals surface area (Å²) in [6, 6.07) is 4.98. The summed E-state index contributed by atoms with van der Waals surface area (Å²) in [5.74, 6) is 1.95. The van der Waals surface area contributed by atoms with Crippen LogP contribution < -0.4 is 11.1 Å². The molecule has 21 heavy (non-hydrogen) atoms. The number of halogens is 1. The topological polar surface area (TPSA) is 70.6 Å². The van der Waals surface area contributed by atoms with Crippen LogP contribution in [-0.2, 0) is 6.54 Å². The molecule has 0 radical (unpaired) electrons. The predicted molar refractivity (Wildman–Crippen MR) is 79.6 cm³/mol. The molecule has 0 heterocycles. The molecule has 2 aliphatic carbocycles. The van der Waals surface area contributed by atoms with Crippen molar-refractivity contribution < 1.29 is 9.60 Å². The fraction of sp³-hybridized carbons (Fsp3) is 0.562. The van der Waals surface area contributed by atoms with Gasteiger partial charge in [0.15, 0.2) is 5.84 Å². The Morgan fingerprint density at radius 1 is 1.38 bits per heavy atom. The van der Waals surface area contributed by atoms with Gasteiger partial charge in [-0.1, -0.05) is 23.7 Å². The number of rotatable bonds is 5. The van der Waals surface area contributed by atoms with Gasteiger partial charge in [0.25, 0.3) is 0 Å². The van der Waals surface area contributed by atoms with E-state index in [0.717, 1.165) is 24.3 Å². The summed E-state index contributed by atoms with van der Waals surface area (Å²) in [5, 5.41) is 14.9. The molecule has 1 aromatic rings. The number of nitrogens with one attached hydrogen (secondary N) is 1. The van der Waals surface area contributed by atoms with Gasteiger partial charge in [-0.25, -0.2) is 4.39 Å². The second kappa shape index (κ2) is 6.02. The summed E-state index contributed by atoms with van der Waals surface area (Å²) < 4.78 is 14.2. The zero-order valence-corrected chi connectivity index (χ0v) is 12.1. The van der Waals surface area contributed by atoms with E-state index in [1.54, 1.807) is 12.1 Å². The maximum absolute atomic E-state index is 14.2. The Kier molecular flexibility index (Phi) is 4.10. The normalized spacial score (nSPS) is 28.2. The molecule has 3 rings (SSSR count). The Hall–Kier alpha value is -1.62. The van der Waals surface area contributed by atoms with Crippen molar-refractivity contribution in [3.63, 3.8) is 0 Å². The highest BCUT2D eigenvalue weighted by Gasteiger charge is 2.38. The van der Waals surface area contributed by atoms with Gasteiger partial charge in [-0.05, 0) is 49.6 Å². The molecule has 4 nitrogen and oxygen atoms in total. The minimum absolute atomic E-state index is 0.150. The van der Waals surface area contributed by atoms with Gasteiger partial charge in [0.2, 0.25) is 0 Å². The molecule has 2 fully saturated rings. The Balaban J connectivity index is 1.58. The maximum atomic E-state index is 14.2. The number of hydrogen-bond acceptors (Lipinski definition) is 3. The molecule has 4 N–H and O–H groups in total. The lowest BCUT2D eigenvalue weighted by atomic mass is 9.89. The molecular formula is C16H22FN3O. The highest BCUT2D eigenvalue weighted by atomic mass is 19.1. The van der Waals surface area contributed by atoms with Crippen molar-refractivity contribution in [1.29, 1.82) is 0 Å². The molecule has 3 unspecified atom stereocenters. The molecule has 0 aromatic heterocycles. The van der Waals surface area contributed by atoms with Gasteiger partial charge >= 0.3 is 0 Å². The molecule has 0 aliphatic heterocycles. The number of oxime groups is 1. The van der Waals surface area contributed by atoms with Crippen LogP contribution in [0.25, 0.3) is 0 Å². The highest BCUT2D eigenvalue weighted by molar-refractivity contribution is 5.97. The van der Waals surface area contributed by atoms with E-state index in [1.807, 2.05) is 0 Å². The first-order valence-corrected chi connectivity index (χ1v) is 7.65. The number of fused-ring (bicyclic) bond motifs is 2. The maximum Gasteiger partial charge on any atom is 0.173 e. The summed E-state index contributed by atoms with van der Waals surface area (Å²) in [6.45, 7) is 1.43. The summed E-state index contributed by atoms with van der Waals surface area (Å²) in [7, 11) is 0. The van der Waals surface area contributed by atoms with Crippen molar-refractivity contribution in [2.24, 2.45) is 28.6 Å². The summed E-state index contributed by atoms with van der Waals surface area (Å²) in [5.41, 5.74) is 6.18. The van der Waals surface area contributed by atoms with Crippen molar-refractivity contribution in [1.82, 2.24) is 5.32 Å². The third-order valence-electron chi connectivity index (χ3n) is 5.07. The van der Waals surface area contributed by atoms with Crippen molar-refractivity contribution >= 4 is 5.84 Å². The zero-order valence-electron chi connectivity index (χ0n) is 12.1. The molecule has 0 spiro atoms. The molecule has 3 atom stereocenters. The predicted octanol–water partition coefficient (Wildman–Crippen LogP) is 2.45. The van der Waals surface area contributed by atoms with Gasteiger partial charge in [0, 0.05) is 12.1 Å². The Labute approximate surface area is 124 Å². The smallest absolute Gasteiger partial charge is 0.173 e. The number of hydrogen-bond donors (Lipinski definition) is 3. The third-order valence-corrected chi connectivity index (χ3v) is 5.07. The van der Waals surface area contributed by atoms with E-state index < -0.39 is 5.82 Å². The lowest BCUT2D eigenvalue weighted by Gasteiger charge is -2.22. The number of nitrogens with two attached hydrogens (primary N) is 1. The second-order valence-electron chi connectivity index (χ2n) is 6.33. The largest absolute Gasteiger partial charge is 0.409 e. The van der Waals surface area contributed by atoms with Crippen LogP contribution in [0.1, 0.15) is 36.8 Å². The molecule has 2 aliphatic rings. The van der Waals surface area contributed by atoms with Crippen LogP contribution in [0.5, 0.6) is 0 Å². The Morgan fingerprint density at radius 3 is 2.90 bits per heavy atom. The highest BCUT2D eigenvalue weighted by Crippen LogP contribution is 2.47. The van der Waals surface area contributed by atoms with Gasteiger partial charge in [0.05, 0.1) is 5.56 Å². The standard InChI is InChI=1S/C16H22FN3O/c17-15-12(2-1-3-14(15)16(18)20-21)8-19-9-13-7-10-4-5-11(13)6-10/h1-3,10-11,13,19,21H,4-9H2,(H2,18,20). The first-order chi connectivity index (χ1) is 10.2. The summed E-state index contributed by atoms with van der Waals surface area (Å²) >= 11 is 0. The second-order valence-corrected chi connectivity index (χ2v) is 6.33. The quantitative estimate of drug-likeness (QED) is 0.338. The average molecular weight is 291 g/mol. The minimum atomic E-state index is -0.409. The van der Waals surface area contributed by atoms with Gasteiger partial charge in [-0.3, -0.25) is 0 Å². The van der Waals surface area contributed by atoms with Crippen molar-refractivity contribution in [2.45, 2.75) is 32.2 Å². The lowest BCUT2D eigenvalue weighted by molar-refractivity contribution is 0.317. The molecular weight excluding hydrogens is 269 g/mol. The van der Waals surface area contributed by atoms with Crippen LogP contribution in [-0.4, -0.2) is 17.6 Å². The number of nitrogens with zero attached hydrogens (tertiary/aromatic N) is 1. The monoisotopic (exact) mass is 291 g/mol. The Morgan fingerprint density at radius 2 is 2.24 bits per heavy atom.